The summed E-state index contributed by atoms with van der Waals surface area (Å²) in [5, 5.41) is 3.27. The van der Waals surface area contributed by atoms with Gasteiger partial charge in [0, 0.05) is 9.86 Å². The predicted molar refractivity (Wildman–Crippen MR) is 98.2 cm³/mol. The van der Waals surface area contributed by atoms with Crippen LogP contribution in [0, 0.1) is 0 Å². The monoisotopic (exact) mass is 365 g/mol. The standard InChI is InChI=1S/C19H12BrNS/c20-14-9-7-13(8-10-14)16-12-18(19-6-3-11-22-19)21-17-5-2-1-4-15(16)17/h1-12H. The summed E-state index contributed by atoms with van der Waals surface area (Å²) >= 11 is 5.22. The second-order valence-electron chi connectivity index (χ2n) is 5.06. The summed E-state index contributed by atoms with van der Waals surface area (Å²) in [5.41, 5.74) is 4.50. The van der Waals surface area contributed by atoms with E-state index in [2.05, 4.69) is 82.0 Å². The van der Waals surface area contributed by atoms with E-state index in [9.17, 15) is 0 Å². The zero-order valence-corrected chi connectivity index (χ0v) is 14.1. The maximum absolute atomic E-state index is 4.82. The highest BCUT2D eigenvalue weighted by Gasteiger charge is 2.09. The van der Waals surface area contributed by atoms with Crippen molar-refractivity contribution in [1.29, 1.82) is 0 Å². The average Bonchev–Trinajstić information content (AvgIpc) is 3.09. The summed E-state index contributed by atoms with van der Waals surface area (Å²) in [4.78, 5) is 6.02. The van der Waals surface area contributed by atoms with E-state index in [0.717, 1.165) is 15.7 Å². The number of nitrogens with zero attached hydrogens (tertiary/aromatic N) is 1. The van der Waals surface area contributed by atoms with Gasteiger partial charge in [0.2, 0.25) is 0 Å². The van der Waals surface area contributed by atoms with E-state index in [1.165, 1.54) is 21.4 Å². The van der Waals surface area contributed by atoms with Crippen molar-refractivity contribution in [2.24, 2.45) is 0 Å². The molecule has 0 N–H and O–H groups in total. The predicted octanol–water partition coefficient (Wildman–Crippen LogP) is 6.39. The molecule has 4 aromatic rings. The lowest BCUT2D eigenvalue weighted by molar-refractivity contribution is 1.42. The number of aromatic nitrogens is 1. The molecule has 0 saturated carbocycles. The van der Waals surface area contributed by atoms with Crippen LogP contribution in [0.4, 0.5) is 0 Å². The minimum Gasteiger partial charge on any atom is -0.247 e. The lowest BCUT2D eigenvalue weighted by atomic mass is 10.00. The van der Waals surface area contributed by atoms with Crippen LogP contribution in [-0.4, -0.2) is 4.98 Å². The first-order valence-corrected chi connectivity index (χ1v) is 8.68. The van der Waals surface area contributed by atoms with Crippen molar-refractivity contribution < 1.29 is 0 Å². The molecule has 0 spiro atoms. The summed E-state index contributed by atoms with van der Waals surface area (Å²) in [6.45, 7) is 0. The van der Waals surface area contributed by atoms with E-state index in [4.69, 9.17) is 4.98 Å². The number of para-hydroxylation sites is 1. The maximum atomic E-state index is 4.82. The van der Waals surface area contributed by atoms with E-state index in [0.29, 0.717) is 0 Å². The number of thiophene rings is 1. The quantitative estimate of drug-likeness (QED) is 0.400. The number of halogens is 1. The normalized spacial score (nSPS) is 11.0. The van der Waals surface area contributed by atoms with Gasteiger partial charge < -0.3 is 0 Å². The highest BCUT2D eigenvalue weighted by Crippen LogP contribution is 2.33. The third kappa shape index (κ3) is 2.47. The van der Waals surface area contributed by atoms with Crippen molar-refractivity contribution in [3.8, 4) is 21.7 Å². The van der Waals surface area contributed by atoms with Crippen LogP contribution in [0.15, 0.2) is 76.6 Å². The molecule has 0 unspecified atom stereocenters. The zero-order valence-electron chi connectivity index (χ0n) is 11.7. The molecule has 0 atom stereocenters. The molecule has 22 heavy (non-hydrogen) atoms. The summed E-state index contributed by atoms with van der Waals surface area (Å²) in [6, 6.07) is 23.1. The number of pyridine rings is 1. The number of benzene rings is 2. The maximum Gasteiger partial charge on any atom is 0.0815 e. The minimum absolute atomic E-state index is 1.03. The van der Waals surface area contributed by atoms with Gasteiger partial charge >= 0.3 is 0 Å². The molecule has 0 fully saturated rings. The fraction of sp³-hybridized carbons (Fsp3) is 0. The first kappa shape index (κ1) is 13.7. The van der Waals surface area contributed by atoms with Gasteiger partial charge in [0.1, 0.15) is 0 Å². The summed E-state index contributed by atoms with van der Waals surface area (Å²) in [6.07, 6.45) is 0. The van der Waals surface area contributed by atoms with Crippen molar-refractivity contribution >= 4 is 38.2 Å². The Morgan fingerprint density at radius 1 is 0.864 bits per heavy atom. The van der Waals surface area contributed by atoms with Crippen molar-refractivity contribution in [3.05, 3.63) is 76.6 Å². The second kappa shape index (κ2) is 5.67. The van der Waals surface area contributed by atoms with Crippen LogP contribution < -0.4 is 0 Å². The molecular formula is C19H12BrNS. The van der Waals surface area contributed by atoms with Gasteiger partial charge in [-0.05, 0) is 46.8 Å². The van der Waals surface area contributed by atoms with Gasteiger partial charge in [-0.3, -0.25) is 0 Å². The van der Waals surface area contributed by atoms with Gasteiger partial charge in [-0.25, -0.2) is 4.98 Å². The number of hydrogen-bond acceptors (Lipinski definition) is 2. The fourth-order valence-corrected chi connectivity index (χ4v) is 3.54. The SMILES string of the molecule is Brc1ccc(-c2cc(-c3cccs3)nc3ccccc23)cc1. The Labute approximate surface area is 141 Å². The largest absolute Gasteiger partial charge is 0.247 e. The molecule has 4 rings (SSSR count). The third-order valence-electron chi connectivity index (χ3n) is 3.65. The average molecular weight is 366 g/mol. The van der Waals surface area contributed by atoms with Crippen LogP contribution >= 0.6 is 27.3 Å². The van der Waals surface area contributed by atoms with Crippen LogP contribution in [0.3, 0.4) is 0 Å². The zero-order chi connectivity index (χ0) is 14.9. The smallest absolute Gasteiger partial charge is 0.0815 e. The molecule has 106 valence electrons. The Bertz CT molecular complexity index is 927. The molecule has 0 saturated heterocycles. The first-order chi connectivity index (χ1) is 10.8. The molecular weight excluding hydrogens is 354 g/mol. The Balaban J connectivity index is 2.01. The molecule has 0 amide bonds. The molecule has 0 aliphatic carbocycles. The Kier molecular flexibility index (Phi) is 3.53. The molecule has 2 heterocycles. The fourth-order valence-electron chi connectivity index (χ4n) is 2.59. The van der Waals surface area contributed by atoms with Gasteiger partial charge in [-0.2, -0.15) is 0 Å². The molecule has 0 bridgehead atoms. The van der Waals surface area contributed by atoms with Crippen LogP contribution in [0.5, 0.6) is 0 Å². The van der Waals surface area contributed by atoms with E-state index in [-0.39, 0.29) is 0 Å². The van der Waals surface area contributed by atoms with E-state index < -0.39 is 0 Å². The number of fused-ring (bicyclic) bond motifs is 1. The van der Waals surface area contributed by atoms with Crippen molar-refractivity contribution in [1.82, 2.24) is 4.98 Å². The lowest BCUT2D eigenvalue weighted by Crippen LogP contribution is -1.88. The molecule has 0 aliphatic rings. The van der Waals surface area contributed by atoms with E-state index in [1.807, 2.05) is 6.07 Å². The summed E-state index contributed by atoms with van der Waals surface area (Å²) < 4.78 is 1.09. The van der Waals surface area contributed by atoms with E-state index in [1.54, 1.807) is 11.3 Å². The molecule has 0 radical (unpaired) electrons. The lowest BCUT2D eigenvalue weighted by Gasteiger charge is -2.09. The van der Waals surface area contributed by atoms with Crippen LogP contribution in [0.1, 0.15) is 0 Å². The number of hydrogen-bond donors (Lipinski definition) is 0. The Morgan fingerprint density at radius 3 is 2.45 bits per heavy atom. The van der Waals surface area contributed by atoms with Gasteiger partial charge in [-0.1, -0.05) is 52.3 Å². The van der Waals surface area contributed by atoms with Crippen molar-refractivity contribution in [3.63, 3.8) is 0 Å². The van der Waals surface area contributed by atoms with Crippen molar-refractivity contribution in [2.45, 2.75) is 0 Å². The highest BCUT2D eigenvalue weighted by molar-refractivity contribution is 9.10. The molecule has 2 aromatic heterocycles. The van der Waals surface area contributed by atoms with Crippen LogP contribution in [0.2, 0.25) is 0 Å². The summed E-state index contributed by atoms with van der Waals surface area (Å²) in [5.74, 6) is 0. The van der Waals surface area contributed by atoms with Crippen LogP contribution in [0.25, 0.3) is 32.6 Å². The second-order valence-corrected chi connectivity index (χ2v) is 6.92. The highest BCUT2D eigenvalue weighted by atomic mass is 79.9. The number of rotatable bonds is 2. The molecule has 3 heteroatoms. The topological polar surface area (TPSA) is 12.9 Å². The summed E-state index contributed by atoms with van der Waals surface area (Å²) in [7, 11) is 0. The Hall–Kier alpha value is -1.97. The van der Waals surface area contributed by atoms with Gasteiger partial charge in [-0.15, -0.1) is 11.3 Å². The van der Waals surface area contributed by atoms with Gasteiger partial charge in [0.05, 0.1) is 16.1 Å². The molecule has 1 nitrogen and oxygen atoms in total. The Morgan fingerprint density at radius 2 is 1.68 bits per heavy atom. The van der Waals surface area contributed by atoms with Gasteiger partial charge in [0.25, 0.3) is 0 Å². The minimum atomic E-state index is 1.03. The van der Waals surface area contributed by atoms with E-state index >= 15 is 0 Å². The van der Waals surface area contributed by atoms with Crippen molar-refractivity contribution in [2.75, 3.05) is 0 Å². The third-order valence-corrected chi connectivity index (χ3v) is 5.07. The van der Waals surface area contributed by atoms with Gasteiger partial charge in [0.15, 0.2) is 0 Å². The molecule has 2 aromatic carbocycles. The first-order valence-electron chi connectivity index (χ1n) is 7.01. The van der Waals surface area contributed by atoms with Crippen LogP contribution in [-0.2, 0) is 0 Å². The molecule has 0 aliphatic heterocycles.